The van der Waals surface area contributed by atoms with Crippen molar-refractivity contribution in [1.82, 2.24) is 4.90 Å². The zero-order valence-corrected chi connectivity index (χ0v) is 5.17. The number of nitrogens with zero attached hydrogens (tertiary/aromatic N) is 1. The molecule has 0 saturated heterocycles. The Kier molecular flexibility index (Phi) is 1.73. The number of allylic oxidation sites excluding steroid dienone is 1. The van der Waals surface area contributed by atoms with Gasteiger partial charge in [-0.1, -0.05) is 12.2 Å². The van der Waals surface area contributed by atoms with Gasteiger partial charge in [0.2, 0.25) is 0 Å². The van der Waals surface area contributed by atoms with Crippen LogP contribution in [0, 0.1) is 0 Å². The van der Waals surface area contributed by atoms with Crippen molar-refractivity contribution in [3.63, 3.8) is 0 Å². The van der Waals surface area contributed by atoms with E-state index >= 15 is 0 Å². The molecule has 0 aliphatic carbocycles. The normalized spacial score (nSPS) is 18.9. The van der Waals surface area contributed by atoms with Crippen molar-refractivity contribution < 1.29 is 0 Å². The molecule has 0 amide bonds. The monoisotopic (exact) mass is 109 g/mol. The molecule has 1 heterocycles. The lowest BCUT2D eigenvalue weighted by atomic mass is 10.5. The van der Waals surface area contributed by atoms with Crippen LogP contribution in [0.5, 0.6) is 0 Å². The van der Waals surface area contributed by atoms with E-state index in [2.05, 4.69) is 29.5 Å². The van der Waals surface area contributed by atoms with Gasteiger partial charge in [-0.2, -0.15) is 0 Å². The summed E-state index contributed by atoms with van der Waals surface area (Å²) in [5, 5.41) is 0. The summed E-state index contributed by atoms with van der Waals surface area (Å²) in [6.45, 7) is 3.19. The third kappa shape index (κ3) is 1.12. The molecule has 8 heavy (non-hydrogen) atoms. The Labute approximate surface area is 50.3 Å². The zero-order valence-electron chi connectivity index (χ0n) is 5.17. The van der Waals surface area contributed by atoms with Crippen molar-refractivity contribution in [2.75, 3.05) is 6.54 Å². The molecule has 0 N–H and O–H groups in total. The van der Waals surface area contributed by atoms with Crippen LogP contribution in [0.15, 0.2) is 24.6 Å². The van der Waals surface area contributed by atoms with Crippen LogP contribution >= 0.6 is 0 Å². The smallest absolute Gasteiger partial charge is 0.0254 e. The summed E-state index contributed by atoms with van der Waals surface area (Å²) in [6.07, 6.45) is 9.63. The van der Waals surface area contributed by atoms with E-state index in [0.29, 0.717) is 0 Å². The predicted molar refractivity (Wildman–Crippen MR) is 35.3 cm³/mol. The van der Waals surface area contributed by atoms with Crippen molar-refractivity contribution in [1.29, 1.82) is 0 Å². The first kappa shape index (κ1) is 5.42. The average molecular weight is 109 g/mol. The standard InChI is InChI=1S/C7H11N/c1-2-5-8-6-3-4-7-8/h2-3,5-6H,4,7H2,1H3. The van der Waals surface area contributed by atoms with Crippen molar-refractivity contribution in [3.8, 4) is 0 Å². The number of hydrogen-bond donors (Lipinski definition) is 0. The summed E-state index contributed by atoms with van der Waals surface area (Å²) in [4.78, 5) is 2.18. The van der Waals surface area contributed by atoms with Crippen LogP contribution in [0.25, 0.3) is 0 Å². The molecule has 1 aliphatic heterocycles. The van der Waals surface area contributed by atoms with Gasteiger partial charge in [-0.05, 0) is 25.7 Å². The number of hydrogen-bond acceptors (Lipinski definition) is 1. The molecule has 0 fully saturated rings. The summed E-state index contributed by atoms with van der Waals surface area (Å²) in [5.41, 5.74) is 0. The maximum atomic E-state index is 2.18. The largest absolute Gasteiger partial charge is 0.355 e. The van der Waals surface area contributed by atoms with Gasteiger partial charge in [0.1, 0.15) is 0 Å². The van der Waals surface area contributed by atoms with Crippen molar-refractivity contribution in [2.45, 2.75) is 13.3 Å². The van der Waals surface area contributed by atoms with Crippen LogP contribution in [-0.2, 0) is 0 Å². The van der Waals surface area contributed by atoms with Crippen molar-refractivity contribution >= 4 is 0 Å². The lowest BCUT2D eigenvalue weighted by Gasteiger charge is -2.05. The highest BCUT2D eigenvalue weighted by atomic mass is 15.1. The third-order valence-electron chi connectivity index (χ3n) is 1.19. The van der Waals surface area contributed by atoms with Gasteiger partial charge in [0.15, 0.2) is 0 Å². The minimum absolute atomic E-state index is 1.16. The Hall–Kier alpha value is -0.720. The summed E-state index contributed by atoms with van der Waals surface area (Å²) in [5.74, 6) is 0. The van der Waals surface area contributed by atoms with E-state index in [1.165, 1.54) is 6.42 Å². The first-order valence-electron chi connectivity index (χ1n) is 2.98. The lowest BCUT2D eigenvalue weighted by molar-refractivity contribution is 0.548. The minimum atomic E-state index is 1.16. The molecule has 0 bridgehead atoms. The van der Waals surface area contributed by atoms with Gasteiger partial charge in [0.05, 0.1) is 0 Å². The second-order valence-electron chi connectivity index (χ2n) is 1.89. The predicted octanol–water partition coefficient (Wildman–Crippen LogP) is 1.74. The number of rotatable bonds is 1. The van der Waals surface area contributed by atoms with E-state index in [0.717, 1.165) is 6.54 Å². The highest BCUT2D eigenvalue weighted by Gasteiger charge is 1.96. The van der Waals surface area contributed by atoms with Crippen LogP contribution in [0.4, 0.5) is 0 Å². The molecular weight excluding hydrogens is 98.1 g/mol. The van der Waals surface area contributed by atoms with Gasteiger partial charge in [0, 0.05) is 6.54 Å². The van der Waals surface area contributed by atoms with E-state index in [9.17, 15) is 0 Å². The quantitative estimate of drug-likeness (QED) is 0.495. The topological polar surface area (TPSA) is 3.24 Å². The summed E-state index contributed by atoms with van der Waals surface area (Å²) in [6, 6.07) is 0. The first-order valence-corrected chi connectivity index (χ1v) is 2.98. The molecule has 0 radical (unpaired) electrons. The molecule has 0 unspecified atom stereocenters. The highest BCUT2D eigenvalue weighted by Crippen LogP contribution is 2.02. The fourth-order valence-electron chi connectivity index (χ4n) is 0.824. The van der Waals surface area contributed by atoms with E-state index in [1.54, 1.807) is 0 Å². The molecule has 1 rings (SSSR count). The Balaban J connectivity index is 2.36. The fraction of sp³-hybridized carbons (Fsp3) is 0.429. The molecule has 1 aliphatic rings. The van der Waals surface area contributed by atoms with Gasteiger partial charge >= 0.3 is 0 Å². The highest BCUT2D eigenvalue weighted by molar-refractivity contribution is 4.97. The molecule has 1 nitrogen and oxygen atoms in total. The SMILES string of the molecule is CC=CN1C=CCC1. The molecule has 0 atom stereocenters. The van der Waals surface area contributed by atoms with Gasteiger partial charge in [0.25, 0.3) is 0 Å². The molecule has 0 aromatic heterocycles. The van der Waals surface area contributed by atoms with E-state index in [4.69, 9.17) is 0 Å². The summed E-state index contributed by atoms with van der Waals surface area (Å²) >= 11 is 0. The Morgan fingerprint density at radius 3 is 3.00 bits per heavy atom. The molecule has 0 aromatic rings. The second kappa shape index (κ2) is 2.55. The maximum Gasteiger partial charge on any atom is 0.0254 e. The van der Waals surface area contributed by atoms with Crippen LogP contribution in [-0.4, -0.2) is 11.4 Å². The lowest BCUT2D eigenvalue weighted by Crippen LogP contribution is -2.03. The van der Waals surface area contributed by atoms with E-state index < -0.39 is 0 Å². The van der Waals surface area contributed by atoms with Crippen LogP contribution < -0.4 is 0 Å². The van der Waals surface area contributed by atoms with Crippen LogP contribution in [0.1, 0.15) is 13.3 Å². The van der Waals surface area contributed by atoms with Crippen LogP contribution in [0.2, 0.25) is 0 Å². The van der Waals surface area contributed by atoms with Gasteiger partial charge in [-0.3, -0.25) is 0 Å². The Morgan fingerprint density at radius 1 is 1.62 bits per heavy atom. The second-order valence-corrected chi connectivity index (χ2v) is 1.89. The molecule has 0 saturated carbocycles. The Bertz CT molecular complexity index is 114. The maximum absolute atomic E-state index is 2.18. The fourth-order valence-corrected chi connectivity index (χ4v) is 0.824. The molecule has 44 valence electrons. The van der Waals surface area contributed by atoms with E-state index in [1.807, 2.05) is 6.92 Å². The van der Waals surface area contributed by atoms with Crippen LogP contribution in [0.3, 0.4) is 0 Å². The Morgan fingerprint density at radius 2 is 2.50 bits per heavy atom. The molecular formula is C7H11N. The van der Waals surface area contributed by atoms with Gasteiger partial charge < -0.3 is 4.90 Å². The van der Waals surface area contributed by atoms with E-state index in [-0.39, 0.29) is 0 Å². The van der Waals surface area contributed by atoms with Gasteiger partial charge in [-0.25, -0.2) is 0 Å². The van der Waals surface area contributed by atoms with Crippen molar-refractivity contribution in [3.05, 3.63) is 24.6 Å². The zero-order chi connectivity index (χ0) is 5.82. The molecule has 0 aromatic carbocycles. The third-order valence-corrected chi connectivity index (χ3v) is 1.19. The summed E-state index contributed by atoms with van der Waals surface area (Å²) in [7, 11) is 0. The average Bonchev–Trinajstić information content (AvgIpc) is 2.19. The van der Waals surface area contributed by atoms with Crippen molar-refractivity contribution in [2.24, 2.45) is 0 Å². The molecule has 1 heteroatoms. The minimum Gasteiger partial charge on any atom is -0.355 e. The first-order chi connectivity index (χ1) is 3.93. The molecule has 0 spiro atoms. The van der Waals surface area contributed by atoms with Gasteiger partial charge in [-0.15, -0.1) is 0 Å². The summed E-state index contributed by atoms with van der Waals surface area (Å²) < 4.78 is 0.